The number of hydrogen-bond donors (Lipinski definition) is 1. The molecule has 1 aliphatic rings. The molecule has 1 aromatic rings. The molecule has 1 N–H and O–H groups in total. The molecule has 2 rings (SSSR count). The van der Waals surface area contributed by atoms with Crippen LogP contribution < -0.4 is 5.32 Å². The molecule has 0 aromatic heterocycles. The Morgan fingerprint density at radius 1 is 1.17 bits per heavy atom. The molecule has 0 saturated heterocycles. The van der Waals surface area contributed by atoms with Crippen LogP contribution in [0.1, 0.15) is 52.0 Å². The van der Waals surface area contributed by atoms with Crippen LogP contribution in [0, 0.1) is 5.41 Å². The highest BCUT2D eigenvalue weighted by atomic mass is 16.1. The molecule has 0 fully saturated rings. The van der Waals surface area contributed by atoms with E-state index in [1.54, 1.807) is 0 Å². The molecule has 0 radical (unpaired) electrons. The summed E-state index contributed by atoms with van der Waals surface area (Å²) in [6.45, 7) is 6.89. The van der Waals surface area contributed by atoms with Crippen molar-refractivity contribution in [2.75, 3.05) is 6.54 Å². The third-order valence-electron chi connectivity index (χ3n) is 4.23. The van der Waals surface area contributed by atoms with Gasteiger partial charge in [-0.3, -0.25) is 9.59 Å². The molecule has 1 aromatic carbocycles. The monoisotopic (exact) mass is 313 g/mol. The molecule has 23 heavy (non-hydrogen) atoms. The van der Waals surface area contributed by atoms with Crippen molar-refractivity contribution in [3.8, 4) is 0 Å². The molecular weight excluding hydrogens is 286 g/mol. The summed E-state index contributed by atoms with van der Waals surface area (Å²) in [4.78, 5) is 24.8. The molecule has 3 nitrogen and oxygen atoms in total. The van der Waals surface area contributed by atoms with E-state index in [4.69, 9.17) is 0 Å². The van der Waals surface area contributed by atoms with Crippen molar-refractivity contribution in [1.82, 2.24) is 5.32 Å². The average Bonchev–Trinajstić information content (AvgIpc) is 2.47. The molecule has 0 atom stereocenters. The standard InChI is InChI=1S/C20H27NO2/c1-4-8-17(22)19-16(13-20(2,3)14-18(19)23)21-12-11-15-9-6-5-7-10-15/h5-7,9-10,21H,4,8,11-14H2,1-3H3. The molecule has 1 aliphatic carbocycles. The predicted octanol–water partition coefficient (Wildman–Crippen LogP) is 3.83. The first-order chi connectivity index (χ1) is 10.9. The Hall–Kier alpha value is -1.90. The largest absolute Gasteiger partial charge is 0.387 e. The van der Waals surface area contributed by atoms with Crippen LogP contribution in [-0.2, 0) is 16.0 Å². The summed E-state index contributed by atoms with van der Waals surface area (Å²) in [5.41, 5.74) is 2.45. The first-order valence-electron chi connectivity index (χ1n) is 8.50. The number of rotatable bonds is 7. The molecule has 0 unspecified atom stereocenters. The van der Waals surface area contributed by atoms with Crippen LogP contribution >= 0.6 is 0 Å². The van der Waals surface area contributed by atoms with E-state index in [0.717, 1.165) is 31.5 Å². The van der Waals surface area contributed by atoms with Gasteiger partial charge in [-0.2, -0.15) is 0 Å². The molecule has 0 bridgehead atoms. The minimum Gasteiger partial charge on any atom is -0.387 e. The summed E-state index contributed by atoms with van der Waals surface area (Å²) in [6.07, 6.45) is 3.33. The predicted molar refractivity (Wildman–Crippen MR) is 93.1 cm³/mol. The maximum Gasteiger partial charge on any atom is 0.168 e. The lowest BCUT2D eigenvalue weighted by atomic mass is 9.74. The lowest BCUT2D eigenvalue weighted by Gasteiger charge is -2.32. The van der Waals surface area contributed by atoms with E-state index in [2.05, 4.69) is 31.3 Å². The highest BCUT2D eigenvalue weighted by Crippen LogP contribution is 2.36. The number of nitrogens with one attached hydrogen (secondary N) is 1. The summed E-state index contributed by atoms with van der Waals surface area (Å²) >= 11 is 0. The zero-order valence-electron chi connectivity index (χ0n) is 14.4. The van der Waals surface area contributed by atoms with Gasteiger partial charge in [-0.15, -0.1) is 0 Å². The SMILES string of the molecule is CCCC(=O)C1=C(NCCc2ccccc2)CC(C)(C)CC1=O. The van der Waals surface area contributed by atoms with Crippen molar-refractivity contribution in [1.29, 1.82) is 0 Å². The molecule has 0 heterocycles. The number of hydrogen-bond acceptors (Lipinski definition) is 3. The number of carbonyl (C=O) groups is 2. The van der Waals surface area contributed by atoms with Gasteiger partial charge in [-0.05, 0) is 30.2 Å². The topological polar surface area (TPSA) is 46.2 Å². The van der Waals surface area contributed by atoms with Gasteiger partial charge in [0.1, 0.15) is 0 Å². The van der Waals surface area contributed by atoms with Crippen LogP contribution in [0.3, 0.4) is 0 Å². The van der Waals surface area contributed by atoms with Gasteiger partial charge in [-0.1, -0.05) is 51.1 Å². The van der Waals surface area contributed by atoms with Gasteiger partial charge in [0.25, 0.3) is 0 Å². The molecular formula is C20H27NO2. The number of ketones is 2. The Bertz CT molecular complexity index is 599. The second-order valence-electron chi connectivity index (χ2n) is 7.13. The van der Waals surface area contributed by atoms with Crippen molar-refractivity contribution in [3.63, 3.8) is 0 Å². The van der Waals surface area contributed by atoms with Crippen LogP contribution in [0.5, 0.6) is 0 Å². The van der Waals surface area contributed by atoms with Gasteiger partial charge < -0.3 is 5.32 Å². The minimum absolute atomic E-state index is 0.00177. The Kier molecular flexibility index (Phi) is 5.75. The maximum absolute atomic E-state index is 12.5. The summed E-state index contributed by atoms with van der Waals surface area (Å²) in [5.74, 6) is -0.00266. The molecule has 124 valence electrons. The second kappa shape index (κ2) is 7.58. The lowest BCUT2D eigenvalue weighted by molar-refractivity contribution is -0.123. The Balaban J connectivity index is 2.13. The molecule has 0 amide bonds. The van der Waals surface area contributed by atoms with E-state index in [1.165, 1.54) is 5.56 Å². The minimum atomic E-state index is -0.0812. The lowest BCUT2D eigenvalue weighted by Crippen LogP contribution is -2.34. The van der Waals surface area contributed by atoms with Crippen molar-refractivity contribution < 1.29 is 9.59 Å². The molecule has 0 saturated carbocycles. The normalized spacial score (nSPS) is 17.3. The molecule has 0 aliphatic heterocycles. The van der Waals surface area contributed by atoms with E-state index in [0.29, 0.717) is 18.4 Å². The number of allylic oxidation sites excluding steroid dienone is 2. The summed E-state index contributed by atoms with van der Waals surface area (Å²) in [7, 11) is 0. The van der Waals surface area contributed by atoms with Gasteiger partial charge in [-0.25, -0.2) is 0 Å². The summed E-state index contributed by atoms with van der Waals surface area (Å²) < 4.78 is 0. The van der Waals surface area contributed by atoms with Crippen LogP contribution in [-0.4, -0.2) is 18.1 Å². The van der Waals surface area contributed by atoms with Crippen LogP contribution in [0.2, 0.25) is 0 Å². The van der Waals surface area contributed by atoms with Gasteiger partial charge in [0.15, 0.2) is 11.6 Å². The summed E-state index contributed by atoms with van der Waals surface area (Å²) in [5, 5.41) is 3.38. The average molecular weight is 313 g/mol. The van der Waals surface area contributed by atoms with Crippen molar-refractivity contribution in [3.05, 3.63) is 47.2 Å². The van der Waals surface area contributed by atoms with E-state index in [9.17, 15) is 9.59 Å². The molecule has 3 heteroatoms. The number of carbonyl (C=O) groups excluding carboxylic acids is 2. The smallest absolute Gasteiger partial charge is 0.168 e. The Morgan fingerprint density at radius 2 is 1.87 bits per heavy atom. The van der Waals surface area contributed by atoms with Crippen LogP contribution in [0.15, 0.2) is 41.6 Å². The van der Waals surface area contributed by atoms with Crippen molar-refractivity contribution >= 4 is 11.6 Å². The van der Waals surface area contributed by atoms with Gasteiger partial charge in [0.2, 0.25) is 0 Å². The van der Waals surface area contributed by atoms with E-state index >= 15 is 0 Å². The Morgan fingerprint density at radius 3 is 2.52 bits per heavy atom. The van der Waals surface area contributed by atoms with Crippen molar-refractivity contribution in [2.45, 2.75) is 52.9 Å². The third kappa shape index (κ3) is 4.78. The maximum atomic E-state index is 12.5. The molecule has 0 spiro atoms. The van der Waals surface area contributed by atoms with Gasteiger partial charge >= 0.3 is 0 Å². The highest BCUT2D eigenvalue weighted by Gasteiger charge is 2.35. The number of benzene rings is 1. The van der Waals surface area contributed by atoms with E-state index in [1.807, 2.05) is 25.1 Å². The van der Waals surface area contributed by atoms with E-state index < -0.39 is 0 Å². The first-order valence-corrected chi connectivity index (χ1v) is 8.50. The van der Waals surface area contributed by atoms with Crippen LogP contribution in [0.25, 0.3) is 0 Å². The fourth-order valence-electron chi connectivity index (χ4n) is 3.15. The third-order valence-corrected chi connectivity index (χ3v) is 4.23. The summed E-state index contributed by atoms with van der Waals surface area (Å²) in [6, 6.07) is 10.2. The fourth-order valence-corrected chi connectivity index (χ4v) is 3.15. The Labute approximate surface area is 139 Å². The zero-order valence-corrected chi connectivity index (χ0v) is 14.4. The van der Waals surface area contributed by atoms with Crippen LogP contribution in [0.4, 0.5) is 0 Å². The van der Waals surface area contributed by atoms with E-state index in [-0.39, 0.29) is 17.0 Å². The quantitative estimate of drug-likeness (QED) is 0.778. The highest BCUT2D eigenvalue weighted by molar-refractivity contribution is 6.21. The van der Waals surface area contributed by atoms with Gasteiger partial charge in [0.05, 0.1) is 5.57 Å². The number of Topliss-reactive ketones (excluding diaryl/α,β-unsaturated/α-hetero) is 2. The second-order valence-corrected chi connectivity index (χ2v) is 7.13. The first kappa shape index (κ1) is 17.5. The zero-order chi connectivity index (χ0) is 16.9. The fraction of sp³-hybridized carbons (Fsp3) is 0.500. The van der Waals surface area contributed by atoms with Gasteiger partial charge in [0, 0.05) is 25.1 Å². The van der Waals surface area contributed by atoms with Crippen molar-refractivity contribution in [2.24, 2.45) is 5.41 Å².